The van der Waals surface area contributed by atoms with Gasteiger partial charge >= 0.3 is 6.09 Å². The van der Waals surface area contributed by atoms with Crippen molar-refractivity contribution in [1.82, 2.24) is 5.32 Å². The van der Waals surface area contributed by atoms with E-state index in [1.165, 1.54) is 11.0 Å². The highest BCUT2D eigenvalue weighted by molar-refractivity contribution is 5.89. The van der Waals surface area contributed by atoms with Gasteiger partial charge in [0, 0.05) is 6.42 Å². The van der Waals surface area contributed by atoms with Crippen LogP contribution in [0.1, 0.15) is 44.1 Å². The molecule has 4 atom stereocenters. The van der Waals surface area contributed by atoms with E-state index in [2.05, 4.69) is 5.32 Å². The van der Waals surface area contributed by atoms with Crippen LogP contribution in [0.15, 0.2) is 18.2 Å². The number of halogens is 1. The lowest BCUT2D eigenvalue weighted by Gasteiger charge is -2.30. The number of rotatable bonds is 5. The van der Waals surface area contributed by atoms with Crippen LogP contribution in [0.5, 0.6) is 0 Å². The zero-order valence-electron chi connectivity index (χ0n) is 15.2. The van der Waals surface area contributed by atoms with E-state index in [4.69, 9.17) is 4.74 Å². The minimum Gasteiger partial charge on any atom is -0.442 e. The van der Waals surface area contributed by atoms with Crippen LogP contribution >= 0.6 is 0 Å². The molecule has 1 saturated heterocycles. The number of cyclic esters (lactones) is 1. The molecule has 148 valence electrons. The lowest BCUT2D eigenvalue weighted by atomic mass is 9.81. The molecule has 1 aliphatic carbocycles. The van der Waals surface area contributed by atoms with Gasteiger partial charge in [0.1, 0.15) is 11.9 Å². The average molecular weight is 380 g/mol. The number of aliphatic hydroxyl groups is 2. The molecule has 3 N–H and O–H groups in total. The van der Waals surface area contributed by atoms with E-state index >= 15 is 0 Å². The highest BCUT2D eigenvalue weighted by Crippen LogP contribution is 2.36. The molecule has 2 amide bonds. The number of ether oxygens (including phenoxy) is 1. The van der Waals surface area contributed by atoms with E-state index in [9.17, 15) is 24.2 Å². The molecule has 0 aromatic heterocycles. The molecule has 1 aliphatic heterocycles. The summed E-state index contributed by atoms with van der Waals surface area (Å²) in [7, 11) is 0. The average Bonchev–Trinajstić information content (AvgIpc) is 3.02. The molecule has 27 heavy (non-hydrogen) atoms. The zero-order chi connectivity index (χ0) is 19.6. The van der Waals surface area contributed by atoms with E-state index < -0.39 is 30.2 Å². The van der Waals surface area contributed by atoms with Gasteiger partial charge in [0.15, 0.2) is 0 Å². The molecular formula is C19H25FN2O5. The first-order valence-corrected chi connectivity index (χ1v) is 9.29. The van der Waals surface area contributed by atoms with Crippen LogP contribution in [0.2, 0.25) is 0 Å². The van der Waals surface area contributed by atoms with E-state index in [-0.39, 0.29) is 24.9 Å². The molecule has 7 nitrogen and oxygen atoms in total. The van der Waals surface area contributed by atoms with Crippen LogP contribution in [-0.2, 0) is 9.53 Å². The molecule has 2 unspecified atom stereocenters. The summed E-state index contributed by atoms with van der Waals surface area (Å²) in [6.45, 7) is 2.19. The lowest BCUT2D eigenvalue weighted by Crippen LogP contribution is -2.34. The molecule has 8 heteroatoms. The normalized spacial score (nSPS) is 28.1. The summed E-state index contributed by atoms with van der Waals surface area (Å²) in [6.07, 6.45) is -0.981. The molecule has 1 saturated carbocycles. The third kappa shape index (κ3) is 4.39. The van der Waals surface area contributed by atoms with Gasteiger partial charge in [-0.3, -0.25) is 9.69 Å². The predicted molar refractivity (Wildman–Crippen MR) is 95.9 cm³/mol. The van der Waals surface area contributed by atoms with Crippen LogP contribution in [0.4, 0.5) is 14.9 Å². The van der Waals surface area contributed by atoms with Crippen molar-refractivity contribution in [3.05, 3.63) is 29.6 Å². The van der Waals surface area contributed by atoms with Crippen molar-refractivity contribution in [1.29, 1.82) is 0 Å². The summed E-state index contributed by atoms with van der Waals surface area (Å²) in [5.74, 6) is -0.740. The Balaban J connectivity index is 1.66. The van der Waals surface area contributed by atoms with Crippen molar-refractivity contribution >= 4 is 17.7 Å². The molecule has 1 aromatic carbocycles. The Hall–Kier alpha value is -2.19. The first kappa shape index (κ1) is 19.6. The molecule has 0 spiro atoms. The molecule has 1 heterocycles. The van der Waals surface area contributed by atoms with Crippen LogP contribution in [0.3, 0.4) is 0 Å². The Kier molecular flexibility index (Phi) is 5.96. The minimum atomic E-state index is -0.851. The molecule has 0 radical (unpaired) electrons. The lowest BCUT2D eigenvalue weighted by molar-refractivity contribution is -0.121. The Morgan fingerprint density at radius 3 is 2.78 bits per heavy atom. The van der Waals surface area contributed by atoms with Gasteiger partial charge in [-0.15, -0.1) is 0 Å². The summed E-state index contributed by atoms with van der Waals surface area (Å²) >= 11 is 0. The Morgan fingerprint density at radius 1 is 1.33 bits per heavy atom. The number of nitrogens with zero attached hydrogens (tertiary/aromatic N) is 1. The fourth-order valence-electron chi connectivity index (χ4n) is 3.62. The first-order chi connectivity index (χ1) is 12.9. The SMILES string of the molecule is CCC(=O)NC[C@H]1CN(c2ccc(C3CCC(O)[C@@H](O)C3)c(F)c2)C(=O)O1. The number of hydrogen-bond donors (Lipinski definition) is 3. The molecule has 1 aromatic rings. The van der Waals surface area contributed by atoms with Crippen molar-refractivity contribution in [2.24, 2.45) is 0 Å². The van der Waals surface area contributed by atoms with Gasteiger partial charge in [0.05, 0.1) is 31.0 Å². The maximum Gasteiger partial charge on any atom is 0.414 e. The fourth-order valence-corrected chi connectivity index (χ4v) is 3.62. The minimum absolute atomic E-state index is 0.125. The predicted octanol–water partition coefficient (Wildman–Crippen LogP) is 1.67. The van der Waals surface area contributed by atoms with Crippen molar-refractivity contribution in [3.8, 4) is 0 Å². The van der Waals surface area contributed by atoms with Crippen LogP contribution in [0.25, 0.3) is 0 Å². The van der Waals surface area contributed by atoms with Gasteiger partial charge in [-0.25, -0.2) is 9.18 Å². The Morgan fingerprint density at radius 2 is 2.11 bits per heavy atom. The van der Waals surface area contributed by atoms with Crippen LogP contribution in [0, 0.1) is 5.82 Å². The number of amides is 2. The van der Waals surface area contributed by atoms with Crippen molar-refractivity contribution < 1.29 is 28.9 Å². The zero-order valence-corrected chi connectivity index (χ0v) is 15.2. The molecule has 3 rings (SSSR count). The summed E-state index contributed by atoms with van der Waals surface area (Å²) in [5.41, 5.74) is 0.867. The van der Waals surface area contributed by atoms with Crippen LogP contribution < -0.4 is 10.2 Å². The smallest absolute Gasteiger partial charge is 0.414 e. The van der Waals surface area contributed by atoms with Gasteiger partial charge in [-0.1, -0.05) is 13.0 Å². The summed E-state index contributed by atoms with van der Waals surface area (Å²) < 4.78 is 19.9. The van der Waals surface area contributed by atoms with Crippen molar-refractivity contribution in [2.75, 3.05) is 18.0 Å². The maximum absolute atomic E-state index is 14.7. The van der Waals surface area contributed by atoms with Crippen molar-refractivity contribution in [3.63, 3.8) is 0 Å². The second-order valence-electron chi connectivity index (χ2n) is 7.12. The number of anilines is 1. The summed E-state index contributed by atoms with van der Waals surface area (Å²) in [4.78, 5) is 24.8. The van der Waals surface area contributed by atoms with Gasteiger partial charge in [0.25, 0.3) is 0 Å². The molecule has 0 bridgehead atoms. The van der Waals surface area contributed by atoms with Gasteiger partial charge < -0.3 is 20.3 Å². The number of carbonyl (C=O) groups excluding carboxylic acids is 2. The number of nitrogens with one attached hydrogen (secondary N) is 1. The molecular weight excluding hydrogens is 355 g/mol. The number of benzene rings is 1. The standard InChI is InChI=1S/C19H25FN2O5/c1-2-18(25)21-9-13-10-22(19(26)27-13)12-4-5-14(15(20)8-12)11-3-6-16(23)17(24)7-11/h4-5,8,11,13,16-17,23-24H,2-3,6-7,9-10H2,1H3,(H,21,25)/t11?,13-,16?,17-/m0/s1. The topological polar surface area (TPSA) is 99.1 Å². The second-order valence-corrected chi connectivity index (χ2v) is 7.12. The van der Waals surface area contributed by atoms with E-state index in [0.29, 0.717) is 36.9 Å². The Bertz CT molecular complexity index is 713. The van der Waals surface area contributed by atoms with Gasteiger partial charge in [-0.05, 0) is 42.9 Å². The van der Waals surface area contributed by atoms with E-state index in [0.717, 1.165) is 0 Å². The van der Waals surface area contributed by atoms with Crippen molar-refractivity contribution in [2.45, 2.75) is 56.8 Å². The number of aliphatic hydroxyl groups excluding tert-OH is 2. The molecule has 2 aliphatic rings. The fraction of sp³-hybridized carbons (Fsp3) is 0.579. The third-order valence-corrected chi connectivity index (χ3v) is 5.24. The second kappa shape index (κ2) is 8.22. The maximum atomic E-state index is 14.7. The number of hydrogen-bond acceptors (Lipinski definition) is 5. The Labute approximate surface area is 157 Å². The van der Waals surface area contributed by atoms with E-state index in [1.807, 2.05) is 0 Å². The van der Waals surface area contributed by atoms with Crippen LogP contribution in [-0.4, -0.2) is 53.6 Å². The number of carbonyl (C=O) groups is 2. The largest absolute Gasteiger partial charge is 0.442 e. The highest BCUT2D eigenvalue weighted by Gasteiger charge is 2.34. The monoisotopic (exact) mass is 380 g/mol. The summed E-state index contributed by atoms with van der Waals surface area (Å²) in [5, 5.41) is 22.1. The molecule has 2 fully saturated rings. The third-order valence-electron chi connectivity index (χ3n) is 5.24. The summed E-state index contributed by atoms with van der Waals surface area (Å²) in [6, 6.07) is 4.57. The quantitative estimate of drug-likeness (QED) is 0.722. The highest BCUT2D eigenvalue weighted by atomic mass is 19.1. The van der Waals surface area contributed by atoms with E-state index in [1.54, 1.807) is 19.1 Å². The first-order valence-electron chi connectivity index (χ1n) is 9.29. The van der Waals surface area contributed by atoms with Gasteiger partial charge in [0.2, 0.25) is 5.91 Å². The van der Waals surface area contributed by atoms with Gasteiger partial charge in [-0.2, -0.15) is 0 Å².